The maximum absolute atomic E-state index is 12.6. The van der Waals surface area contributed by atoms with E-state index in [1.807, 2.05) is 35.2 Å². The highest BCUT2D eigenvalue weighted by Crippen LogP contribution is 2.20. The third-order valence-electron chi connectivity index (χ3n) is 4.51. The number of piperidine rings is 1. The Labute approximate surface area is 149 Å². The minimum absolute atomic E-state index is 0. The fourth-order valence-electron chi connectivity index (χ4n) is 3.23. The number of carbonyl (C=O) groups excluding carboxylic acids is 2. The summed E-state index contributed by atoms with van der Waals surface area (Å²) in [6.07, 6.45) is 1.75. The number of piperazine rings is 1. The summed E-state index contributed by atoms with van der Waals surface area (Å²) in [7, 11) is 0. The van der Waals surface area contributed by atoms with E-state index in [0.29, 0.717) is 13.1 Å². The van der Waals surface area contributed by atoms with Crippen LogP contribution in [0.25, 0.3) is 0 Å². The number of hydrogen-bond acceptors (Lipinski definition) is 3. The molecular weight excluding hydrogens is 328 g/mol. The monoisotopic (exact) mass is 352 g/mol. The van der Waals surface area contributed by atoms with Crippen molar-refractivity contribution < 1.29 is 9.59 Å². The van der Waals surface area contributed by atoms with E-state index in [-0.39, 0.29) is 30.3 Å². The van der Waals surface area contributed by atoms with Crippen LogP contribution in [0.2, 0.25) is 0 Å². The molecule has 1 atom stereocenters. The van der Waals surface area contributed by atoms with E-state index >= 15 is 0 Å². The van der Waals surface area contributed by atoms with Gasteiger partial charge < -0.3 is 20.4 Å². The highest BCUT2D eigenvalue weighted by Gasteiger charge is 2.31. The number of amides is 3. The molecule has 2 heterocycles. The van der Waals surface area contributed by atoms with Gasteiger partial charge in [0.15, 0.2) is 0 Å². The van der Waals surface area contributed by atoms with Crippen molar-refractivity contribution in [2.75, 3.05) is 44.6 Å². The lowest BCUT2D eigenvalue weighted by Gasteiger charge is -2.36. The van der Waals surface area contributed by atoms with Gasteiger partial charge in [-0.1, -0.05) is 18.2 Å². The molecule has 24 heavy (non-hydrogen) atoms. The van der Waals surface area contributed by atoms with Gasteiger partial charge in [-0.15, -0.1) is 12.4 Å². The summed E-state index contributed by atoms with van der Waals surface area (Å²) in [5.41, 5.74) is 0.785. The predicted octanol–water partition coefficient (Wildman–Crippen LogP) is 1.78. The molecule has 0 aliphatic carbocycles. The molecule has 2 fully saturated rings. The molecule has 7 heteroatoms. The molecule has 0 radical (unpaired) electrons. The van der Waals surface area contributed by atoms with Crippen LogP contribution in [-0.2, 0) is 4.79 Å². The molecule has 6 nitrogen and oxygen atoms in total. The van der Waals surface area contributed by atoms with Crippen LogP contribution in [0.3, 0.4) is 0 Å². The minimum atomic E-state index is -0.117. The van der Waals surface area contributed by atoms with Gasteiger partial charge in [-0.2, -0.15) is 0 Å². The smallest absolute Gasteiger partial charge is 0.321 e. The van der Waals surface area contributed by atoms with Gasteiger partial charge in [-0.05, 0) is 25.0 Å². The van der Waals surface area contributed by atoms with Gasteiger partial charge in [-0.3, -0.25) is 4.79 Å². The summed E-state index contributed by atoms with van der Waals surface area (Å²) in [6, 6.07) is 9.31. The first-order chi connectivity index (χ1) is 11.2. The molecule has 2 N–H and O–H groups in total. The Balaban J connectivity index is 0.00000208. The zero-order chi connectivity index (χ0) is 16.1. The highest BCUT2D eigenvalue weighted by molar-refractivity contribution is 5.90. The van der Waals surface area contributed by atoms with E-state index in [2.05, 4.69) is 10.6 Å². The quantitative estimate of drug-likeness (QED) is 0.852. The van der Waals surface area contributed by atoms with Crippen molar-refractivity contribution in [3.8, 4) is 0 Å². The van der Waals surface area contributed by atoms with Gasteiger partial charge in [0.05, 0.1) is 5.92 Å². The fraction of sp³-hybridized carbons (Fsp3) is 0.529. The summed E-state index contributed by atoms with van der Waals surface area (Å²) in [6.45, 7) is 4.48. The Morgan fingerprint density at radius 1 is 1.04 bits per heavy atom. The zero-order valence-electron chi connectivity index (χ0n) is 13.7. The number of para-hydroxylation sites is 1. The van der Waals surface area contributed by atoms with E-state index in [9.17, 15) is 9.59 Å². The summed E-state index contributed by atoms with van der Waals surface area (Å²) in [4.78, 5) is 28.7. The second-order valence-corrected chi connectivity index (χ2v) is 6.16. The van der Waals surface area contributed by atoms with Gasteiger partial charge in [-0.25, -0.2) is 4.79 Å². The number of hydrogen-bond donors (Lipinski definition) is 2. The minimum Gasteiger partial charge on any atom is -0.340 e. The third-order valence-corrected chi connectivity index (χ3v) is 4.51. The Morgan fingerprint density at radius 3 is 2.46 bits per heavy atom. The largest absolute Gasteiger partial charge is 0.340 e. The molecule has 132 valence electrons. The number of urea groups is 1. The van der Waals surface area contributed by atoms with Gasteiger partial charge in [0, 0.05) is 45.0 Å². The molecule has 0 saturated carbocycles. The number of anilines is 1. The van der Waals surface area contributed by atoms with Crippen LogP contribution >= 0.6 is 12.4 Å². The lowest BCUT2D eigenvalue weighted by atomic mass is 9.96. The summed E-state index contributed by atoms with van der Waals surface area (Å²) in [5, 5.41) is 6.16. The molecule has 1 aromatic carbocycles. The number of halogens is 1. The van der Waals surface area contributed by atoms with Crippen LogP contribution in [0.5, 0.6) is 0 Å². The third kappa shape index (κ3) is 4.61. The van der Waals surface area contributed by atoms with Crippen LogP contribution in [0.1, 0.15) is 12.8 Å². The lowest BCUT2D eigenvalue weighted by molar-refractivity contribution is -0.137. The van der Waals surface area contributed by atoms with Crippen molar-refractivity contribution in [2.24, 2.45) is 5.92 Å². The van der Waals surface area contributed by atoms with E-state index in [4.69, 9.17) is 0 Å². The predicted molar refractivity (Wildman–Crippen MR) is 96.5 cm³/mol. The molecular formula is C17H25ClN4O2. The van der Waals surface area contributed by atoms with Crippen LogP contribution in [0.15, 0.2) is 30.3 Å². The molecule has 1 aromatic rings. The second kappa shape index (κ2) is 8.89. The lowest BCUT2D eigenvalue weighted by Crippen LogP contribution is -2.52. The molecule has 0 aromatic heterocycles. The molecule has 3 rings (SSSR count). The normalized spacial score (nSPS) is 20.9. The Kier molecular flexibility index (Phi) is 6.87. The van der Waals surface area contributed by atoms with E-state index < -0.39 is 0 Å². The molecule has 3 amide bonds. The summed E-state index contributed by atoms with van der Waals surface area (Å²) < 4.78 is 0. The molecule has 1 unspecified atom stereocenters. The van der Waals surface area contributed by atoms with Crippen molar-refractivity contribution in [3.05, 3.63) is 30.3 Å². The van der Waals surface area contributed by atoms with Crippen molar-refractivity contribution in [2.45, 2.75) is 12.8 Å². The van der Waals surface area contributed by atoms with Gasteiger partial charge >= 0.3 is 6.03 Å². The van der Waals surface area contributed by atoms with Gasteiger partial charge in [0.1, 0.15) is 0 Å². The van der Waals surface area contributed by atoms with Crippen LogP contribution in [0, 0.1) is 5.92 Å². The molecule has 0 bridgehead atoms. The van der Waals surface area contributed by atoms with Crippen LogP contribution < -0.4 is 10.6 Å². The SMILES string of the molecule is Cl.O=C(Nc1ccccc1)N1CCCC(C(=O)N2CCNCC2)C1. The number of likely N-dealkylation sites (tertiary alicyclic amines) is 1. The average molecular weight is 353 g/mol. The van der Waals surface area contributed by atoms with Crippen molar-refractivity contribution in [1.29, 1.82) is 0 Å². The molecule has 2 aliphatic rings. The first-order valence-electron chi connectivity index (χ1n) is 8.34. The first-order valence-corrected chi connectivity index (χ1v) is 8.34. The standard InChI is InChI=1S/C17H24N4O2.ClH/c22-16(20-11-8-18-9-12-20)14-5-4-10-21(13-14)17(23)19-15-6-2-1-3-7-15;/h1-3,6-7,14,18H,4-5,8-13H2,(H,19,23);1H. The molecule has 2 saturated heterocycles. The Morgan fingerprint density at radius 2 is 1.75 bits per heavy atom. The maximum atomic E-state index is 12.6. The van der Waals surface area contributed by atoms with Gasteiger partial charge in [0.25, 0.3) is 0 Å². The Hall–Kier alpha value is -1.79. The topological polar surface area (TPSA) is 64.7 Å². The average Bonchev–Trinajstić information content (AvgIpc) is 2.63. The highest BCUT2D eigenvalue weighted by atomic mass is 35.5. The number of rotatable bonds is 2. The summed E-state index contributed by atoms with van der Waals surface area (Å²) >= 11 is 0. The number of nitrogens with one attached hydrogen (secondary N) is 2. The van der Waals surface area contributed by atoms with Crippen molar-refractivity contribution >= 4 is 30.0 Å². The fourth-order valence-corrected chi connectivity index (χ4v) is 3.23. The van der Waals surface area contributed by atoms with E-state index in [0.717, 1.165) is 44.7 Å². The summed E-state index contributed by atoms with van der Waals surface area (Å²) in [5.74, 6) is 0.132. The second-order valence-electron chi connectivity index (χ2n) is 6.16. The van der Waals surface area contributed by atoms with Crippen LogP contribution in [-0.4, -0.2) is 61.0 Å². The van der Waals surface area contributed by atoms with Crippen LogP contribution in [0.4, 0.5) is 10.5 Å². The molecule has 0 spiro atoms. The van der Waals surface area contributed by atoms with E-state index in [1.165, 1.54) is 0 Å². The Bertz CT molecular complexity index is 549. The maximum Gasteiger partial charge on any atom is 0.321 e. The first kappa shape index (κ1) is 18.5. The molecule has 2 aliphatic heterocycles. The van der Waals surface area contributed by atoms with Gasteiger partial charge in [0.2, 0.25) is 5.91 Å². The van der Waals surface area contributed by atoms with Crippen molar-refractivity contribution in [3.63, 3.8) is 0 Å². The van der Waals surface area contributed by atoms with E-state index in [1.54, 1.807) is 4.90 Å². The number of nitrogens with zero attached hydrogens (tertiary/aromatic N) is 2. The number of carbonyl (C=O) groups is 2. The zero-order valence-corrected chi connectivity index (χ0v) is 14.6. The van der Waals surface area contributed by atoms with Crippen molar-refractivity contribution in [1.82, 2.24) is 15.1 Å². The number of benzene rings is 1.